The van der Waals surface area contributed by atoms with E-state index in [9.17, 15) is 4.39 Å². The molecule has 0 bridgehead atoms. The standard InChI is InChI=1S/C26H45FO/c1-2-3-20-28-26-17-15-25(16-18-26)24-13-11-23(12-14-24)22-9-7-21(8-10-22)6-4-5-19-27/h4,6,21-26H,2-3,5,7-20H2,1H3/b6-4+. The Bertz CT molecular complexity index is 424. The van der Waals surface area contributed by atoms with Crippen molar-refractivity contribution in [3.05, 3.63) is 12.2 Å². The number of halogens is 1. The monoisotopic (exact) mass is 392 g/mol. The molecule has 0 aliphatic heterocycles. The Balaban J connectivity index is 1.31. The fourth-order valence-electron chi connectivity index (χ4n) is 6.37. The molecule has 0 spiro atoms. The van der Waals surface area contributed by atoms with Gasteiger partial charge < -0.3 is 4.74 Å². The Morgan fingerprint density at radius 3 is 1.75 bits per heavy atom. The summed E-state index contributed by atoms with van der Waals surface area (Å²) in [5.74, 6) is 4.71. The summed E-state index contributed by atoms with van der Waals surface area (Å²) in [5, 5.41) is 0. The van der Waals surface area contributed by atoms with Gasteiger partial charge in [0.1, 0.15) is 0 Å². The molecule has 3 fully saturated rings. The van der Waals surface area contributed by atoms with Gasteiger partial charge in [0, 0.05) is 6.61 Å². The summed E-state index contributed by atoms with van der Waals surface area (Å²) in [4.78, 5) is 0. The van der Waals surface area contributed by atoms with E-state index in [-0.39, 0.29) is 6.67 Å². The largest absolute Gasteiger partial charge is 0.378 e. The van der Waals surface area contributed by atoms with E-state index in [0.29, 0.717) is 12.5 Å². The van der Waals surface area contributed by atoms with Gasteiger partial charge in [-0.2, -0.15) is 0 Å². The third-order valence-corrected chi connectivity index (χ3v) is 8.22. The Morgan fingerprint density at radius 2 is 1.25 bits per heavy atom. The molecule has 0 aromatic carbocycles. The number of unbranched alkanes of at least 4 members (excludes halogenated alkanes) is 1. The van der Waals surface area contributed by atoms with Crippen molar-refractivity contribution in [3.8, 4) is 0 Å². The number of hydrogen-bond donors (Lipinski definition) is 0. The van der Waals surface area contributed by atoms with Crippen LogP contribution in [0, 0.1) is 29.6 Å². The van der Waals surface area contributed by atoms with E-state index in [1.807, 2.05) is 0 Å². The number of allylic oxidation sites excluding steroid dienone is 2. The lowest BCUT2D eigenvalue weighted by molar-refractivity contribution is 0.00437. The zero-order chi connectivity index (χ0) is 19.6. The van der Waals surface area contributed by atoms with Crippen molar-refractivity contribution in [2.75, 3.05) is 13.3 Å². The molecular formula is C26H45FO. The van der Waals surface area contributed by atoms with E-state index in [1.165, 1.54) is 89.9 Å². The van der Waals surface area contributed by atoms with Gasteiger partial charge in [-0.15, -0.1) is 0 Å². The summed E-state index contributed by atoms with van der Waals surface area (Å²) in [6, 6.07) is 0. The Morgan fingerprint density at radius 1 is 0.750 bits per heavy atom. The van der Waals surface area contributed by atoms with Crippen LogP contribution in [0.1, 0.15) is 103 Å². The third kappa shape index (κ3) is 6.85. The first-order valence-corrected chi connectivity index (χ1v) is 12.6. The second-order valence-corrected chi connectivity index (χ2v) is 10.0. The van der Waals surface area contributed by atoms with Crippen molar-refractivity contribution in [2.24, 2.45) is 29.6 Å². The van der Waals surface area contributed by atoms with E-state index >= 15 is 0 Å². The molecule has 0 amide bonds. The van der Waals surface area contributed by atoms with Gasteiger partial charge in [-0.25, -0.2) is 0 Å². The van der Waals surface area contributed by atoms with Crippen LogP contribution in [0.3, 0.4) is 0 Å². The van der Waals surface area contributed by atoms with Gasteiger partial charge in [-0.05, 0) is 119 Å². The molecule has 0 N–H and O–H groups in total. The zero-order valence-electron chi connectivity index (χ0n) is 18.4. The minimum Gasteiger partial charge on any atom is -0.378 e. The summed E-state index contributed by atoms with van der Waals surface area (Å²) < 4.78 is 18.3. The molecule has 28 heavy (non-hydrogen) atoms. The smallest absolute Gasteiger partial charge is 0.0928 e. The minimum atomic E-state index is -0.206. The van der Waals surface area contributed by atoms with Crippen LogP contribution in [-0.2, 0) is 4.74 Å². The van der Waals surface area contributed by atoms with Crippen LogP contribution >= 0.6 is 0 Å². The molecule has 0 aromatic heterocycles. The van der Waals surface area contributed by atoms with Gasteiger partial charge >= 0.3 is 0 Å². The van der Waals surface area contributed by atoms with Crippen molar-refractivity contribution in [2.45, 2.75) is 109 Å². The molecule has 3 saturated carbocycles. The van der Waals surface area contributed by atoms with Crippen LogP contribution in [0.4, 0.5) is 4.39 Å². The average molecular weight is 393 g/mol. The summed E-state index contributed by atoms with van der Waals surface area (Å²) in [5.41, 5.74) is 0. The number of rotatable bonds is 9. The molecule has 0 atom stereocenters. The van der Waals surface area contributed by atoms with Crippen molar-refractivity contribution in [3.63, 3.8) is 0 Å². The first kappa shape index (κ1) is 22.3. The molecule has 0 unspecified atom stereocenters. The highest BCUT2D eigenvalue weighted by Crippen LogP contribution is 2.45. The molecule has 162 valence electrons. The normalized spacial score (nSPS) is 37.4. The van der Waals surface area contributed by atoms with Crippen LogP contribution in [0.2, 0.25) is 0 Å². The molecule has 0 saturated heterocycles. The van der Waals surface area contributed by atoms with Gasteiger partial charge in [-0.1, -0.05) is 25.5 Å². The minimum absolute atomic E-state index is 0.206. The molecular weight excluding hydrogens is 347 g/mol. The fourth-order valence-corrected chi connectivity index (χ4v) is 6.37. The van der Waals surface area contributed by atoms with E-state index in [2.05, 4.69) is 19.1 Å². The highest BCUT2D eigenvalue weighted by Gasteiger charge is 2.34. The van der Waals surface area contributed by atoms with Gasteiger partial charge in [0.05, 0.1) is 12.8 Å². The topological polar surface area (TPSA) is 9.23 Å². The summed E-state index contributed by atoms with van der Waals surface area (Å²) in [6.45, 7) is 3.02. The van der Waals surface area contributed by atoms with Crippen molar-refractivity contribution in [1.29, 1.82) is 0 Å². The molecule has 0 aromatic rings. The van der Waals surface area contributed by atoms with E-state index < -0.39 is 0 Å². The molecule has 3 rings (SSSR count). The average Bonchev–Trinajstić information content (AvgIpc) is 2.75. The Hall–Kier alpha value is -0.370. The molecule has 0 heterocycles. The van der Waals surface area contributed by atoms with Gasteiger partial charge in [0.15, 0.2) is 0 Å². The quantitative estimate of drug-likeness (QED) is 0.286. The SMILES string of the molecule is CCCCOC1CCC(C2CCC(C3CCC(/C=C/CCF)CC3)CC2)CC1. The van der Waals surface area contributed by atoms with Crippen LogP contribution < -0.4 is 0 Å². The Labute approximate surface area is 173 Å². The molecule has 1 nitrogen and oxygen atoms in total. The lowest BCUT2D eigenvalue weighted by atomic mass is 9.65. The second kappa shape index (κ2) is 12.4. The number of alkyl halides is 1. The van der Waals surface area contributed by atoms with Gasteiger partial charge in [0.2, 0.25) is 0 Å². The second-order valence-electron chi connectivity index (χ2n) is 10.0. The molecule has 2 heteroatoms. The van der Waals surface area contributed by atoms with E-state index in [0.717, 1.165) is 36.2 Å². The lowest BCUT2D eigenvalue weighted by Gasteiger charge is -2.41. The van der Waals surface area contributed by atoms with Gasteiger partial charge in [0.25, 0.3) is 0 Å². The maximum Gasteiger partial charge on any atom is 0.0928 e. The van der Waals surface area contributed by atoms with E-state index in [1.54, 1.807) is 0 Å². The summed E-state index contributed by atoms with van der Waals surface area (Å²) in [6.07, 6.45) is 25.0. The fraction of sp³-hybridized carbons (Fsp3) is 0.923. The lowest BCUT2D eigenvalue weighted by Crippen LogP contribution is -2.31. The van der Waals surface area contributed by atoms with Crippen LogP contribution in [0.5, 0.6) is 0 Å². The molecule has 0 radical (unpaired) electrons. The number of hydrogen-bond acceptors (Lipinski definition) is 1. The van der Waals surface area contributed by atoms with Crippen LogP contribution in [0.15, 0.2) is 12.2 Å². The van der Waals surface area contributed by atoms with Crippen LogP contribution in [-0.4, -0.2) is 19.4 Å². The highest BCUT2D eigenvalue weighted by atomic mass is 19.1. The first-order valence-electron chi connectivity index (χ1n) is 12.6. The van der Waals surface area contributed by atoms with Crippen molar-refractivity contribution >= 4 is 0 Å². The van der Waals surface area contributed by atoms with Crippen molar-refractivity contribution < 1.29 is 9.13 Å². The third-order valence-electron chi connectivity index (χ3n) is 8.22. The predicted molar refractivity (Wildman–Crippen MR) is 117 cm³/mol. The predicted octanol–water partition coefficient (Wildman–Crippen LogP) is 7.89. The zero-order valence-corrected chi connectivity index (χ0v) is 18.4. The molecule has 3 aliphatic rings. The summed E-state index contributed by atoms with van der Waals surface area (Å²) >= 11 is 0. The maximum absolute atomic E-state index is 12.2. The van der Waals surface area contributed by atoms with Crippen molar-refractivity contribution in [1.82, 2.24) is 0 Å². The maximum atomic E-state index is 12.2. The van der Waals surface area contributed by atoms with E-state index in [4.69, 9.17) is 4.74 Å². The summed E-state index contributed by atoms with van der Waals surface area (Å²) in [7, 11) is 0. The molecule has 3 aliphatic carbocycles. The van der Waals surface area contributed by atoms with Crippen LogP contribution in [0.25, 0.3) is 0 Å². The Kier molecular flexibility index (Phi) is 9.85. The highest BCUT2D eigenvalue weighted by molar-refractivity contribution is 4.93. The number of ether oxygens (including phenoxy) is 1. The first-order chi connectivity index (χ1) is 13.8. The van der Waals surface area contributed by atoms with Gasteiger partial charge in [-0.3, -0.25) is 4.39 Å².